The van der Waals surface area contributed by atoms with Crippen LogP contribution in [-0.4, -0.2) is 28.1 Å². The van der Waals surface area contributed by atoms with E-state index >= 15 is 0 Å². The van der Waals surface area contributed by atoms with Gasteiger partial charge in [-0.2, -0.15) is 0 Å². The maximum absolute atomic E-state index is 12.1. The van der Waals surface area contributed by atoms with Crippen molar-refractivity contribution in [2.75, 3.05) is 6.54 Å². The molecule has 1 amide bonds. The van der Waals surface area contributed by atoms with Crippen LogP contribution in [0.3, 0.4) is 0 Å². The summed E-state index contributed by atoms with van der Waals surface area (Å²) < 4.78 is 5.35. The van der Waals surface area contributed by atoms with E-state index in [0.717, 1.165) is 11.1 Å². The summed E-state index contributed by atoms with van der Waals surface area (Å²) in [7, 11) is 0. The molecule has 0 saturated heterocycles. The van der Waals surface area contributed by atoms with Gasteiger partial charge in [0, 0.05) is 24.7 Å². The molecule has 0 fully saturated rings. The molecule has 0 bridgehead atoms. The van der Waals surface area contributed by atoms with Crippen LogP contribution in [0.15, 0.2) is 12.1 Å². The largest absolute Gasteiger partial charge is 0.444 e. The molecule has 6 nitrogen and oxygen atoms in total. The molecule has 1 aliphatic heterocycles. The first kappa shape index (κ1) is 15.3. The molecule has 0 unspecified atom stereocenters. The summed E-state index contributed by atoms with van der Waals surface area (Å²) in [6.45, 7) is 8.11. The summed E-state index contributed by atoms with van der Waals surface area (Å²) >= 11 is 0. The average Bonchev–Trinajstić information content (AvgIpc) is 2.35. The number of aryl methyl sites for hydroxylation is 1. The smallest absolute Gasteiger partial charge is 0.410 e. The topological polar surface area (TPSA) is 72.7 Å². The van der Waals surface area contributed by atoms with Gasteiger partial charge in [-0.3, -0.25) is 10.1 Å². The summed E-state index contributed by atoms with van der Waals surface area (Å²) in [5, 5.41) is 11.0. The molecule has 0 N–H and O–H groups in total. The lowest BCUT2D eigenvalue weighted by Crippen LogP contribution is -2.39. The van der Waals surface area contributed by atoms with Gasteiger partial charge in [-0.1, -0.05) is 0 Å². The highest BCUT2D eigenvalue weighted by Crippen LogP contribution is 2.28. The number of nitrogens with zero attached hydrogens (tertiary/aromatic N) is 2. The maximum Gasteiger partial charge on any atom is 0.410 e. The van der Waals surface area contributed by atoms with Gasteiger partial charge in [-0.05, 0) is 51.3 Å². The molecule has 1 aromatic rings. The Morgan fingerprint density at radius 1 is 1.33 bits per heavy atom. The zero-order chi connectivity index (χ0) is 15.8. The maximum atomic E-state index is 12.1. The number of nitro groups is 1. The number of carbonyl (C=O) groups is 1. The molecular formula is C15H20N2O4. The number of benzene rings is 1. The van der Waals surface area contributed by atoms with E-state index in [9.17, 15) is 14.9 Å². The molecule has 0 atom stereocenters. The van der Waals surface area contributed by atoms with E-state index in [1.165, 1.54) is 0 Å². The van der Waals surface area contributed by atoms with Crippen molar-refractivity contribution in [2.45, 2.75) is 46.3 Å². The van der Waals surface area contributed by atoms with Crippen LogP contribution in [0.2, 0.25) is 0 Å². The molecule has 0 aromatic heterocycles. The summed E-state index contributed by atoms with van der Waals surface area (Å²) in [6.07, 6.45) is 0.310. The summed E-state index contributed by atoms with van der Waals surface area (Å²) in [5.74, 6) is 0. The molecule has 6 heteroatoms. The zero-order valence-electron chi connectivity index (χ0n) is 12.8. The van der Waals surface area contributed by atoms with Crippen LogP contribution in [0.25, 0.3) is 0 Å². The SMILES string of the molecule is Cc1cc2c(cc1[N+](=O)[O-])CN(C(=O)OC(C)(C)C)CC2. The minimum atomic E-state index is -0.545. The molecule has 1 aliphatic rings. The first-order valence-corrected chi connectivity index (χ1v) is 6.92. The van der Waals surface area contributed by atoms with Crippen molar-refractivity contribution in [3.63, 3.8) is 0 Å². The van der Waals surface area contributed by atoms with Crippen LogP contribution in [0.5, 0.6) is 0 Å². The Labute approximate surface area is 123 Å². The van der Waals surface area contributed by atoms with Gasteiger partial charge in [0.25, 0.3) is 5.69 Å². The van der Waals surface area contributed by atoms with Crippen LogP contribution >= 0.6 is 0 Å². The Kier molecular flexibility index (Phi) is 3.89. The second kappa shape index (κ2) is 5.35. The molecule has 0 radical (unpaired) electrons. The summed E-state index contributed by atoms with van der Waals surface area (Å²) in [5.41, 5.74) is 2.10. The zero-order valence-corrected chi connectivity index (χ0v) is 12.8. The van der Waals surface area contributed by atoms with Crippen molar-refractivity contribution in [1.29, 1.82) is 0 Å². The van der Waals surface area contributed by atoms with Crippen LogP contribution < -0.4 is 0 Å². The van der Waals surface area contributed by atoms with E-state index in [0.29, 0.717) is 25.1 Å². The predicted molar refractivity (Wildman–Crippen MR) is 78.2 cm³/mol. The quantitative estimate of drug-likeness (QED) is 0.588. The first-order valence-electron chi connectivity index (χ1n) is 6.92. The molecule has 21 heavy (non-hydrogen) atoms. The highest BCUT2D eigenvalue weighted by Gasteiger charge is 2.27. The van der Waals surface area contributed by atoms with Crippen molar-refractivity contribution in [1.82, 2.24) is 4.90 Å². The number of amides is 1. The van der Waals surface area contributed by atoms with Gasteiger partial charge in [0.2, 0.25) is 0 Å². The third-order valence-corrected chi connectivity index (χ3v) is 3.38. The van der Waals surface area contributed by atoms with E-state index in [4.69, 9.17) is 4.74 Å². The average molecular weight is 292 g/mol. The molecule has 0 saturated carbocycles. The van der Waals surface area contributed by atoms with Gasteiger partial charge in [0.15, 0.2) is 0 Å². The Balaban J connectivity index is 2.22. The van der Waals surface area contributed by atoms with E-state index in [2.05, 4.69) is 0 Å². The molecule has 0 spiro atoms. The fourth-order valence-electron chi connectivity index (χ4n) is 2.40. The van der Waals surface area contributed by atoms with Crippen molar-refractivity contribution >= 4 is 11.8 Å². The Hall–Kier alpha value is -2.11. The van der Waals surface area contributed by atoms with Gasteiger partial charge < -0.3 is 9.64 Å². The van der Waals surface area contributed by atoms with E-state index in [1.54, 1.807) is 17.9 Å². The minimum absolute atomic E-state index is 0.0970. The van der Waals surface area contributed by atoms with Crippen molar-refractivity contribution in [3.05, 3.63) is 38.9 Å². The Bertz CT molecular complexity index is 590. The highest BCUT2D eigenvalue weighted by molar-refractivity contribution is 5.69. The van der Waals surface area contributed by atoms with E-state index in [1.807, 2.05) is 26.8 Å². The van der Waals surface area contributed by atoms with Crippen molar-refractivity contribution in [2.24, 2.45) is 0 Å². The molecule has 114 valence electrons. The third kappa shape index (κ3) is 3.51. The second-order valence-corrected chi connectivity index (χ2v) is 6.32. The number of carbonyl (C=O) groups excluding carboxylic acids is 1. The Morgan fingerprint density at radius 3 is 2.57 bits per heavy atom. The summed E-state index contributed by atoms with van der Waals surface area (Å²) in [4.78, 5) is 24.3. The minimum Gasteiger partial charge on any atom is -0.444 e. The molecular weight excluding hydrogens is 272 g/mol. The fourth-order valence-corrected chi connectivity index (χ4v) is 2.40. The van der Waals surface area contributed by atoms with Crippen molar-refractivity contribution in [3.8, 4) is 0 Å². The second-order valence-electron chi connectivity index (χ2n) is 6.32. The predicted octanol–water partition coefficient (Wildman–Crippen LogP) is 3.20. The molecule has 0 aliphatic carbocycles. The van der Waals surface area contributed by atoms with Crippen LogP contribution in [0, 0.1) is 17.0 Å². The van der Waals surface area contributed by atoms with Gasteiger partial charge in [-0.25, -0.2) is 4.79 Å². The Morgan fingerprint density at radius 2 is 2.00 bits per heavy atom. The van der Waals surface area contributed by atoms with Gasteiger partial charge >= 0.3 is 6.09 Å². The van der Waals surface area contributed by atoms with Gasteiger partial charge in [-0.15, -0.1) is 0 Å². The van der Waals surface area contributed by atoms with Crippen LogP contribution in [0.1, 0.15) is 37.5 Å². The lowest BCUT2D eigenvalue weighted by Gasteiger charge is -2.31. The van der Waals surface area contributed by atoms with Crippen LogP contribution in [0.4, 0.5) is 10.5 Å². The van der Waals surface area contributed by atoms with Crippen LogP contribution in [-0.2, 0) is 17.7 Å². The van der Waals surface area contributed by atoms with Crippen molar-refractivity contribution < 1.29 is 14.5 Å². The molecule has 2 rings (SSSR count). The summed E-state index contributed by atoms with van der Waals surface area (Å²) in [6, 6.07) is 3.42. The number of rotatable bonds is 1. The normalized spacial score (nSPS) is 14.6. The number of ether oxygens (including phenoxy) is 1. The first-order chi connectivity index (χ1) is 9.67. The van der Waals surface area contributed by atoms with E-state index in [-0.39, 0.29) is 16.7 Å². The highest BCUT2D eigenvalue weighted by atomic mass is 16.6. The number of fused-ring (bicyclic) bond motifs is 1. The number of hydrogen-bond acceptors (Lipinski definition) is 4. The van der Waals surface area contributed by atoms with Gasteiger partial charge in [0.1, 0.15) is 5.60 Å². The van der Waals surface area contributed by atoms with E-state index < -0.39 is 5.60 Å². The lowest BCUT2D eigenvalue weighted by atomic mass is 9.96. The monoisotopic (exact) mass is 292 g/mol. The van der Waals surface area contributed by atoms with Gasteiger partial charge in [0.05, 0.1) is 4.92 Å². The number of nitro benzene ring substituents is 1. The molecule has 1 heterocycles. The third-order valence-electron chi connectivity index (χ3n) is 3.38. The fraction of sp³-hybridized carbons (Fsp3) is 0.533. The molecule has 1 aromatic carbocycles. The standard InChI is InChI=1S/C15H20N2O4/c1-10-7-11-5-6-16(14(18)21-15(2,3)4)9-12(11)8-13(10)17(19)20/h7-8H,5-6,9H2,1-4H3. The number of hydrogen-bond donors (Lipinski definition) is 0. The lowest BCUT2D eigenvalue weighted by molar-refractivity contribution is -0.385.